The lowest BCUT2D eigenvalue weighted by Gasteiger charge is -2.14. The molecule has 0 aromatic carbocycles. The highest BCUT2D eigenvalue weighted by molar-refractivity contribution is 6.36. The molecule has 2 heterocycles. The molecule has 1 aromatic rings. The number of hydrogen-bond donors (Lipinski definition) is 1. The fourth-order valence-corrected chi connectivity index (χ4v) is 3.57. The summed E-state index contributed by atoms with van der Waals surface area (Å²) in [6, 6.07) is 1.44. The third-order valence-corrected chi connectivity index (χ3v) is 5.28. The van der Waals surface area contributed by atoms with Crippen molar-refractivity contribution in [1.82, 2.24) is 9.88 Å². The molecule has 0 spiro atoms. The molecule has 1 N–H and O–H groups in total. The Hall–Kier alpha value is -2.45. The second-order valence-electron chi connectivity index (χ2n) is 6.51. The van der Waals surface area contributed by atoms with E-state index in [-0.39, 0.29) is 22.7 Å². The monoisotopic (exact) mass is 425 g/mol. The van der Waals surface area contributed by atoms with Crippen molar-refractivity contribution in [2.45, 2.75) is 19.8 Å². The van der Waals surface area contributed by atoms with E-state index in [1.807, 2.05) is 12.2 Å². The van der Waals surface area contributed by atoms with Gasteiger partial charge in [-0.15, -0.1) is 0 Å². The van der Waals surface area contributed by atoms with Gasteiger partial charge in [0, 0.05) is 0 Å². The van der Waals surface area contributed by atoms with Crippen LogP contribution in [0.1, 0.15) is 18.5 Å². The van der Waals surface area contributed by atoms with Crippen molar-refractivity contribution in [2.75, 3.05) is 18.5 Å². The number of aromatic nitrogens is 1. The van der Waals surface area contributed by atoms with E-state index in [4.69, 9.17) is 27.9 Å². The van der Waals surface area contributed by atoms with Crippen molar-refractivity contribution in [1.29, 1.82) is 0 Å². The van der Waals surface area contributed by atoms with Gasteiger partial charge in [0.05, 0.1) is 27.6 Å². The van der Waals surface area contributed by atoms with Crippen LogP contribution >= 0.6 is 23.2 Å². The number of halogens is 2. The lowest BCUT2D eigenvalue weighted by atomic mass is 9.85. The van der Waals surface area contributed by atoms with E-state index in [1.54, 1.807) is 6.92 Å². The van der Waals surface area contributed by atoms with Crippen LogP contribution in [0.5, 0.6) is 0 Å². The molecule has 2 atom stereocenters. The number of carbonyl (C=O) groups excluding carboxylic acids is 4. The van der Waals surface area contributed by atoms with Crippen LogP contribution in [0.3, 0.4) is 0 Å². The summed E-state index contributed by atoms with van der Waals surface area (Å²) in [6.45, 7) is 0.520. The molecule has 1 fully saturated rings. The van der Waals surface area contributed by atoms with Gasteiger partial charge in [0.2, 0.25) is 11.8 Å². The Morgan fingerprint density at radius 1 is 1.18 bits per heavy atom. The number of imide groups is 1. The van der Waals surface area contributed by atoms with E-state index in [0.29, 0.717) is 23.6 Å². The number of rotatable bonds is 5. The topological polar surface area (TPSA) is 106 Å². The van der Waals surface area contributed by atoms with E-state index in [0.717, 1.165) is 4.90 Å². The molecule has 1 saturated heterocycles. The first-order chi connectivity index (χ1) is 13.3. The summed E-state index contributed by atoms with van der Waals surface area (Å²) >= 11 is 11.8. The number of likely N-dealkylation sites (tertiary alicyclic amines) is 1. The Morgan fingerprint density at radius 3 is 2.39 bits per heavy atom. The average molecular weight is 426 g/mol. The second kappa shape index (κ2) is 8.28. The summed E-state index contributed by atoms with van der Waals surface area (Å²) in [5, 5.41) is 2.90. The molecule has 28 heavy (non-hydrogen) atoms. The summed E-state index contributed by atoms with van der Waals surface area (Å²) in [7, 11) is 0. The fourth-order valence-electron chi connectivity index (χ4n) is 3.16. The number of amides is 3. The number of nitrogens with zero attached hydrogens (tertiary/aromatic N) is 2. The normalized spacial score (nSPS) is 20.9. The largest absolute Gasteiger partial charge is 0.454 e. The first kappa shape index (κ1) is 20.3. The number of carbonyl (C=O) groups is 4. The number of fused-ring (bicyclic) bond motifs is 1. The van der Waals surface area contributed by atoms with Crippen molar-refractivity contribution in [3.8, 4) is 0 Å². The van der Waals surface area contributed by atoms with Gasteiger partial charge in [0.25, 0.3) is 5.91 Å². The summed E-state index contributed by atoms with van der Waals surface area (Å²) in [5.74, 6) is -3.03. The minimum atomic E-state index is -0.852. The number of esters is 1. The van der Waals surface area contributed by atoms with Gasteiger partial charge < -0.3 is 10.1 Å². The van der Waals surface area contributed by atoms with E-state index >= 15 is 0 Å². The predicted molar refractivity (Wildman–Crippen MR) is 101 cm³/mol. The molecule has 1 aliphatic carbocycles. The van der Waals surface area contributed by atoms with Crippen LogP contribution in [-0.4, -0.2) is 46.7 Å². The van der Waals surface area contributed by atoms with Crippen LogP contribution in [0, 0.1) is 18.8 Å². The molecule has 8 nitrogen and oxygen atoms in total. The summed E-state index contributed by atoms with van der Waals surface area (Å²) in [6.07, 6.45) is 4.68. The molecular weight excluding hydrogens is 409 g/mol. The Bertz CT molecular complexity index is 860. The number of pyridine rings is 1. The molecule has 1 aliphatic heterocycles. The van der Waals surface area contributed by atoms with Gasteiger partial charge in [0.15, 0.2) is 12.4 Å². The Morgan fingerprint density at radius 2 is 1.79 bits per heavy atom. The molecular formula is C18H17Cl2N3O5. The zero-order chi connectivity index (χ0) is 20.4. The van der Waals surface area contributed by atoms with Gasteiger partial charge in [-0.3, -0.25) is 24.1 Å². The van der Waals surface area contributed by atoms with Crippen molar-refractivity contribution < 1.29 is 23.9 Å². The minimum absolute atomic E-state index is 0.0890. The molecule has 0 saturated carbocycles. The van der Waals surface area contributed by atoms with E-state index in [2.05, 4.69) is 10.3 Å². The van der Waals surface area contributed by atoms with Gasteiger partial charge in [-0.25, -0.2) is 4.98 Å². The number of ether oxygens (including phenoxy) is 1. The third-order valence-electron chi connectivity index (χ3n) is 4.61. The van der Waals surface area contributed by atoms with Crippen LogP contribution in [0.4, 0.5) is 5.82 Å². The van der Waals surface area contributed by atoms with Crippen molar-refractivity contribution in [3.05, 3.63) is 34.0 Å². The first-order valence-electron chi connectivity index (χ1n) is 8.56. The number of hydrogen-bond acceptors (Lipinski definition) is 6. The molecule has 2 aliphatic rings. The van der Waals surface area contributed by atoms with Gasteiger partial charge in [-0.1, -0.05) is 35.4 Å². The molecule has 10 heteroatoms. The van der Waals surface area contributed by atoms with E-state index in [9.17, 15) is 19.2 Å². The van der Waals surface area contributed by atoms with Crippen LogP contribution < -0.4 is 5.32 Å². The Balaban J connectivity index is 1.52. The van der Waals surface area contributed by atoms with Crippen molar-refractivity contribution in [3.63, 3.8) is 0 Å². The van der Waals surface area contributed by atoms with Gasteiger partial charge in [-0.2, -0.15) is 0 Å². The maximum absolute atomic E-state index is 12.3. The number of aryl methyl sites for hydroxylation is 1. The SMILES string of the molecule is Cc1nc(NC(=O)COC(=O)CN2C(=O)C3CC=CCC3C2=O)c(Cl)cc1Cl. The van der Waals surface area contributed by atoms with Crippen LogP contribution in [-0.2, 0) is 23.9 Å². The molecule has 0 bridgehead atoms. The van der Waals surface area contributed by atoms with Gasteiger partial charge in [-0.05, 0) is 25.8 Å². The van der Waals surface area contributed by atoms with Gasteiger partial charge in [0.1, 0.15) is 6.54 Å². The Kier molecular flexibility index (Phi) is 6.00. The average Bonchev–Trinajstić information content (AvgIpc) is 2.90. The summed E-state index contributed by atoms with van der Waals surface area (Å²) in [5.41, 5.74) is 0.473. The van der Waals surface area contributed by atoms with Crippen molar-refractivity contribution in [2.24, 2.45) is 11.8 Å². The van der Waals surface area contributed by atoms with Crippen LogP contribution in [0.15, 0.2) is 18.2 Å². The maximum atomic E-state index is 12.3. The molecule has 3 rings (SSSR count). The predicted octanol–water partition coefficient (Wildman–Crippen LogP) is 2.13. The highest BCUT2D eigenvalue weighted by Gasteiger charge is 2.47. The van der Waals surface area contributed by atoms with Crippen molar-refractivity contribution >= 4 is 52.7 Å². The summed E-state index contributed by atoms with van der Waals surface area (Å²) in [4.78, 5) is 53.5. The summed E-state index contributed by atoms with van der Waals surface area (Å²) < 4.78 is 4.87. The van der Waals surface area contributed by atoms with E-state index < -0.39 is 36.9 Å². The lowest BCUT2D eigenvalue weighted by molar-refractivity contribution is -0.154. The minimum Gasteiger partial charge on any atom is -0.454 e. The highest BCUT2D eigenvalue weighted by Crippen LogP contribution is 2.34. The first-order valence-corrected chi connectivity index (χ1v) is 9.32. The highest BCUT2D eigenvalue weighted by atomic mass is 35.5. The quantitative estimate of drug-likeness (QED) is 0.439. The maximum Gasteiger partial charge on any atom is 0.326 e. The fraction of sp³-hybridized carbons (Fsp3) is 0.389. The zero-order valence-electron chi connectivity index (χ0n) is 14.9. The van der Waals surface area contributed by atoms with E-state index in [1.165, 1.54) is 6.07 Å². The van der Waals surface area contributed by atoms with Crippen LogP contribution in [0.2, 0.25) is 10.0 Å². The third kappa shape index (κ3) is 4.18. The number of nitrogens with one attached hydrogen (secondary N) is 1. The molecule has 3 amide bonds. The smallest absolute Gasteiger partial charge is 0.326 e. The number of allylic oxidation sites excluding steroid dienone is 2. The Labute approximate surface area is 170 Å². The lowest BCUT2D eigenvalue weighted by Crippen LogP contribution is -2.37. The molecule has 0 radical (unpaired) electrons. The van der Waals surface area contributed by atoms with Crippen LogP contribution in [0.25, 0.3) is 0 Å². The zero-order valence-corrected chi connectivity index (χ0v) is 16.4. The molecule has 148 valence electrons. The molecule has 1 aromatic heterocycles. The second-order valence-corrected chi connectivity index (χ2v) is 7.33. The van der Waals surface area contributed by atoms with Gasteiger partial charge >= 0.3 is 5.97 Å². The molecule has 2 unspecified atom stereocenters. The number of anilines is 1. The standard InChI is InChI=1S/C18H17Cl2N3O5/c1-9-12(19)6-13(20)16(21-9)22-14(24)8-28-15(25)7-23-17(26)10-4-2-3-5-11(10)18(23)27/h2-3,6,10-11H,4-5,7-8H2,1H3,(H,21,22,24).